The molecule has 0 fully saturated rings. The lowest BCUT2D eigenvalue weighted by atomic mass is 9.89. The van der Waals surface area contributed by atoms with Crippen LogP contribution in [0.5, 0.6) is 0 Å². The Morgan fingerprint density at radius 1 is 0.781 bits per heavy atom. The molecule has 0 amide bonds. The molecule has 148 valence electrons. The molecule has 0 radical (unpaired) electrons. The molecule has 0 spiro atoms. The monoisotopic (exact) mass is 417 g/mol. The number of nitrogens with zero attached hydrogens (tertiary/aromatic N) is 5. The summed E-state index contributed by atoms with van der Waals surface area (Å²) in [7, 11) is 0. The number of pyridine rings is 2. The summed E-state index contributed by atoms with van der Waals surface area (Å²) in [5.74, 6) is -1.56. The first-order valence-corrected chi connectivity index (χ1v) is 9.41. The Hall–Kier alpha value is -4.93. The Balaban J connectivity index is 2.06. The molecule has 2 aliphatic rings. The second-order valence-corrected chi connectivity index (χ2v) is 6.99. The SMILES string of the molecule is N#C/C=C1/C(=C2c3cccnc3-c3ncccc32)C(=C(C#N)C#N)c2c(F)ccc(F)c21. The molecule has 0 saturated carbocycles. The summed E-state index contributed by atoms with van der Waals surface area (Å²) < 4.78 is 30.0. The molecule has 32 heavy (non-hydrogen) atoms. The molecule has 2 aliphatic carbocycles. The molecule has 0 N–H and O–H groups in total. The molecule has 2 aromatic heterocycles. The van der Waals surface area contributed by atoms with Crippen molar-refractivity contribution >= 4 is 16.7 Å². The van der Waals surface area contributed by atoms with Crippen LogP contribution in [-0.2, 0) is 0 Å². The molecule has 5 nitrogen and oxygen atoms in total. The Morgan fingerprint density at radius 2 is 1.34 bits per heavy atom. The van der Waals surface area contributed by atoms with E-state index < -0.39 is 11.6 Å². The van der Waals surface area contributed by atoms with Gasteiger partial charge in [0.25, 0.3) is 0 Å². The topological polar surface area (TPSA) is 97.2 Å². The highest BCUT2D eigenvalue weighted by molar-refractivity contribution is 6.20. The molecule has 1 aromatic carbocycles. The summed E-state index contributed by atoms with van der Waals surface area (Å²) in [6.45, 7) is 0. The zero-order valence-corrected chi connectivity index (χ0v) is 16.2. The molecule has 7 heteroatoms. The van der Waals surface area contributed by atoms with E-state index in [4.69, 9.17) is 0 Å². The second kappa shape index (κ2) is 7.09. The lowest BCUT2D eigenvalue weighted by Crippen LogP contribution is -1.95. The van der Waals surface area contributed by atoms with Crippen LogP contribution < -0.4 is 0 Å². The molecule has 0 bridgehead atoms. The van der Waals surface area contributed by atoms with Crippen molar-refractivity contribution in [1.82, 2.24) is 9.97 Å². The van der Waals surface area contributed by atoms with Gasteiger partial charge >= 0.3 is 0 Å². The maximum atomic E-state index is 15.0. The summed E-state index contributed by atoms with van der Waals surface area (Å²) in [5.41, 5.74) is 2.40. The van der Waals surface area contributed by atoms with Crippen LogP contribution in [-0.4, -0.2) is 9.97 Å². The van der Waals surface area contributed by atoms with E-state index in [0.717, 1.165) is 18.2 Å². The van der Waals surface area contributed by atoms with Gasteiger partial charge in [-0.15, -0.1) is 0 Å². The van der Waals surface area contributed by atoms with Crippen LogP contribution in [0.15, 0.2) is 66.0 Å². The van der Waals surface area contributed by atoms with Crippen molar-refractivity contribution < 1.29 is 8.78 Å². The third kappa shape index (κ3) is 2.45. The average Bonchev–Trinajstić information content (AvgIpc) is 3.31. The fourth-order valence-electron chi connectivity index (χ4n) is 4.31. The largest absolute Gasteiger partial charge is 0.254 e. The number of aromatic nitrogens is 2. The fraction of sp³-hybridized carbons (Fsp3) is 0. The predicted molar refractivity (Wildman–Crippen MR) is 112 cm³/mol. The van der Waals surface area contributed by atoms with Crippen LogP contribution in [0, 0.1) is 45.6 Å². The van der Waals surface area contributed by atoms with E-state index >= 15 is 4.39 Å². The average molecular weight is 417 g/mol. The fourth-order valence-corrected chi connectivity index (χ4v) is 4.31. The standard InChI is InChI=1S/C25H9F2N5/c26-17-5-6-18(27)23-19(13(11-29)12-30)22(14(7-8-28)21(17)23)20-15-3-1-9-31-24(15)25-16(20)4-2-10-32-25/h1-7,9-10H/b14-7+. The van der Waals surface area contributed by atoms with Crippen molar-refractivity contribution in [2.24, 2.45) is 0 Å². The van der Waals surface area contributed by atoms with Gasteiger partial charge in [0.1, 0.15) is 29.3 Å². The number of fused-ring (bicyclic) bond motifs is 4. The zero-order chi connectivity index (χ0) is 22.4. The van der Waals surface area contributed by atoms with Crippen LogP contribution in [0.3, 0.4) is 0 Å². The first-order valence-electron chi connectivity index (χ1n) is 9.41. The third-order valence-electron chi connectivity index (χ3n) is 5.45. The smallest absolute Gasteiger partial charge is 0.138 e. The lowest BCUT2D eigenvalue weighted by molar-refractivity contribution is 0.595. The van der Waals surface area contributed by atoms with Gasteiger partial charge in [0.2, 0.25) is 0 Å². The van der Waals surface area contributed by atoms with Crippen molar-refractivity contribution in [2.75, 3.05) is 0 Å². The summed E-state index contributed by atoms with van der Waals surface area (Å²) in [6, 6.07) is 14.4. The van der Waals surface area contributed by atoms with Crippen LogP contribution in [0.1, 0.15) is 22.3 Å². The second-order valence-electron chi connectivity index (χ2n) is 6.99. The predicted octanol–water partition coefficient (Wildman–Crippen LogP) is 4.96. The third-order valence-corrected chi connectivity index (χ3v) is 5.45. The molecule has 0 atom stereocenters. The minimum absolute atomic E-state index is 0.0509. The highest BCUT2D eigenvalue weighted by atomic mass is 19.1. The van der Waals surface area contributed by atoms with Gasteiger partial charge in [-0.1, -0.05) is 12.1 Å². The number of nitriles is 3. The summed E-state index contributed by atoms with van der Waals surface area (Å²) >= 11 is 0. The number of hydrogen-bond acceptors (Lipinski definition) is 5. The van der Waals surface area contributed by atoms with Gasteiger partial charge in [-0.05, 0) is 24.3 Å². The minimum atomic E-state index is -0.797. The van der Waals surface area contributed by atoms with Crippen molar-refractivity contribution in [2.45, 2.75) is 0 Å². The summed E-state index contributed by atoms with van der Waals surface area (Å²) in [6.07, 6.45) is 4.31. The number of rotatable bonds is 0. The van der Waals surface area contributed by atoms with Crippen molar-refractivity contribution in [3.05, 3.63) is 99.9 Å². The van der Waals surface area contributed by atoms with Gasteiger partial charge < -0.3 is 0 Å². The number of benzene rings is 1. The highest BCUT2D eigenvalue weighted by Crippen LogP contribution is 2.55. The van der Waals surface area contributed by atoms with E-state index in [-0.39, 0.29) is 33.4 Å². The highest BCUT2D eigenvalue weighted by Gasteiger charge is 2.39. The van der Waals surface area contributed by atoms with E-state index in [2.05, 4.69) is 9.97 Å². The molecule has 0 unspecified atom stereocenters. The summed E-state index contributed by atoms with van der Waals surface area (Å²) in [4.78, 5) is 8.82. The van der Waals surface area contributed by atoms with Crippen LogP contribution in [0.4, 0.5) is 8.78 Å². The van der Waals surface area contributed by atoms with Crippen molar-refractivity contribution in [1.29, 1.82) is 15.8 Å². The van der Waals surface area contributed by atoms with Gasteiger partial charge in [-0.3, -0.25) is 9.97 Å². The van der Waals surface area contributed by atoms with Gasteiger partial charge in [0.15, 0.2) is 0 Å². The van der Waals surface area contributed by atoms with Gasteiger partial charge in [-0.25, -0.2) is 8.78 Å². The quantitative estimate of drug-likeness (QED) is 0.377. The van der Waals surface area contributed by atoms with E-state index in [1.807, 2.05) is 6.07 Å². The van der Waals surface area contributed by atoms with E-state index in [9.17, 15) is 20.2 Å². The Morgan fingerprint density at radius 3 is 1.88 bits per heavy atom. The molecule has 5 rings (SSSR count). The van der Waals surface area contributed by atoms with E-state index in [1.165, 1.54) is 0 Å². The molecule has 2 heterocycles. The molecular weight excluding hydrogens is 408 g/mol. The minimum Gasteiger partial charge on any atom is -0.254 e. The maximum Gasteiger partial charge on any atom is 0.138 e. The first-order chi connectivity index (χ1) is 15.6. The molecule has 0 saturated heterocycles. The Bertz CT molecular complexity index is 1510. The lowest BCUT2D eigenvalue weighted by Gasteiger charge is -2.11. The molecule has 0 aliphatic heterocycles. The van der Waals surface area contributed by atoms with E-state index in [0.29, 0.717) is 28.1 Å². The van der Waals surface area contributed by atoms with Crippen molar-refractivity contribution in [3.63, 3.8) is 0 Å². The van der Waals surface area contributed by atoms with E-state index in [1.54, 1.807) is 48.8 Å². The van der Waals surface area contributed by atoms with Gasteiger partial charge in [0.05, 0.1) is 17.5 Å². The number of halogens is 2. The first kappa shape index (κ1) is 19.1. The number of allylic oxidation sites excluding steroid dienone is 5. The van der Waals surface area contributed by atoms with Crippen LogP contribution >= 0.6 is 0 Å². The Labute approximate surface area is 181 Å². The number of hydrogen-bond donors (Lipinski definition) is 0. The normalized spacial score (nSPS) is 14.3. The zero-order valence-electron chi connectivity index (χ0n) is 16.2. The van der Waals surface area contributed by atoms with Gasteiger partial charge in [-0.2, -0.15) is 15.8 Å². The molecule has 3 aromatic rings. The summed E-state index contributed by atoms with van der Waals surface area (Å²) in [5, 5.41) is 28.8. The van der Waals surface area contributed by atoms with Gasteiger partial charge in [0, 0.05) is 63.0 Å². The van der Waals surface area contributed by atoms with Crippen LogP contribution in [0.2, 0.25) is 0 Å². The maximum absolute atomic E-state index is 15.0. The van der Waals surface area contributed by atoms with Crippen molar-refractivity contribution in [3.8, 4) is 29.6 Å². The molecular formula is C25H9F2N5. The van der Waals surface area contributed by atoms with Crippen LogP contribution in [0.25, 0.3) is 28.1 Å². The Kier molecular flexibility index (Phi) is 4.22.